The number of hydrogen-bond donors (Lipinski definition) is 1. The summed E-state index contributed by atoms with van der Waals surface area (Å²) in [5, 5.41) is 3.27. The lowest BCUT2D eigenvalue weighted by Crippen LogP contribution is -2.28. The molecule has 2 unspecified atom stereocenters. The summed E-state index contributed by atoms with van der Waals surface area (Å²) in [5.74, 6) is 0.545. The number of rotatable bonds is 1. The SMILES string of the molecule is CNC1c2cccc(F)c2CCC1C. The molecular weight excluding hydrogens is 177 g/mol. The van der Waals surface area contributed by atoms with Crippen LogP contribution in [0.5, 0.6) is 0 Å². The first-order valence-electron chi connectivity index (χ1n) is 5.18. The van der Waals surface area contributed by atoms with Gasteiger partial charge in [-0.05, 0) is 43.0 Å². The summed E-state index contributed by atoms with van der Waals surface area (Å²) in [7, 11) is 1.95. The second-order valence-electron chi connectivity index (χ2n) is 4.09. The Hall–Kier alpha value is -0.890. The van der Waals surface area contributed by atoms with Gasteiger partial charge in [0.1, 0.15) is 5.82 Å². The molecule has 0 saturated carbocycles. The van der Waals surface area contributed by atoms with Gasteiger partial charge >= 0.3 is 0 Å². The largest absolute Gasteiger partial charge is 0.313 e. The van der Waals surface area contributed by atoms with Crippen LogP contribution in [0.2, 0.25) is 0 Å². The molecule has 1 aromatic rings. The Morgan fingerprint density at radius 3 is 2.93 bits per heavy atom. The highest BCUT2D eigenvalue weighted by Gasteiger charge is 2.26. The van der Waals surface area contributed by atoms with Crippen molar-refractivity contribution in [3.05, 3.63) is 35.1 Å². The van der Waals surface area contributed by atoms with Crippen molar-refractivity contribution < 1.29 is 4.39 Å². The van der Waals surface area contributed by atoms with E-state index in [0.717, 1.165) is 24.0 Å². The molecule has 2 rings (SSSR count). The minimum Gasteiger partial charge on any atom is -0.313 e. The van der Waals surface area contributed by atoms with Gasteiger partial charge in [-0.2, -0.15) is 0 Å². The Morgan fingerprint density at radius 1 is 1.43 bits per heavy atom. The van der Waals surface area contributed by atoms with Crippen molar-refractivity contribution in [3.8, 4) is 0 Å². The van der Waals surface area contributed by atoms with E-state index < -0.39 is 0 Å². The maximum Gasteiger partial charge on any atom is 0.126 e. The molecule has 0 saturated heterocycles. The molecular formula is C12H16FN. The molecule has 1 aliphatic carbocycles. The zero-order valence-electron chi connectivity index (χ0n) is 8.68. The van der Waals surface area contributed by atoms with E-state index in [9.17, 15) is 4.39 Å². The van der Waals surface area contributed by atoms with Crippen molar-refractivity contribution in [3.63, 3.8) is 0 Å². The minimum atomic E-state index is -0.0466. The molecule has 0 heterocycles. The third-order valence-electron chi connectivity index (χ3n) is 3.22. The van der Waals surface area contributed by atoms with Crippen molar-refractivity contribution in [2.24, 2.45) is 5.92 Å². The Balaban J connectivity index is 2.46. The Kier molecular flexibility index (Phi) is 2.55. The molecule has 14 heavy (non-hydrogen) atoms. The summed E-state index contributed by atoms with van der Waals surface area (Å²) in [6.07, 6.45) is 1.95. The molecule has 1 aromatic carbocycles. The van der Waals surface area contributed by atoms with Crippen molar-refractivity contribution in [1.29, 1.82) is 0 Å². The van der Waals surface area contributed by atoms with E-state index in [1.807, 2.05) is 13.1 Å². The Bertz CT molecular complexity index is 335. The summed E-state index contributed by atoms with van der Waals surface area (Å²) in [4.78, 5) is 0. The Labute approximate surface area is 84.3 Å². The molecule has 1 N–H and O–H groups in total. The third-order valence-corrected chi connectivity index (χ3v) is 3.22. The normalized spacial score (nSPS) is 25.9. The van der Waals surface area contributed by atoms with Crippen LogP contribution in [0.1, 0.15) is 30.5 Å². The summed E-state index contributed by atoms with van der Waals surface area (Å²) >= 11 is 0. The predicted molar refractivity (Wildman–Crippen MR) is 55.7 cm³/mol. The minimum absolute atomic E-state index is 0.0466. The van der Waals surface area contributed by atoms with Gasteiger partial charge in [0.15, 0.2) is 0 Å². The maximum atomic E-state index is 13.5. The van der Waals surface area contributed by atoms with Crippen LogP contribution >= 0.6 is 0 Å². The van der Waals surface area contributed by atoms with Gasteiger partial charge in [0.2, 0.25) is 0 Å². The van der Waals surface area contributed by atoms with Gasteiger partial charge in [0.05, 0.1) is 0 Å². The van der Waals surface area contributed by atoms with Gasteiger partial charge in [-0.3, -0.25) is 0 Å². The van der Waals surface area contributed by atoms with Gasteiger partial charge < -0.3 is 5.32 Å². The molecule has 0 bridgehead atoms. The molecule has 0 spiro atoms. The van der Waals surface area contributed by atoms with Crippen LogP contribution < -0.4 is 5.32 Å². The first-order valence-corrected chi connectivity index (χ1v) is 5.18. The maximum absolute atomic E-state index is 13.5. The second-order valence-corrected chi connectivity index (χ2v) is 4.09. The molecule has 0 fully saturated rings. The number of fused-ring (bicyclic) bond motifs is 1. The average molecular weight is 193 g/mol. The van der Waals surface area contributed by atoms with Crippen LogP contribution in [0.3, 0.4) is 0 Å². The quantitative estimate of drug-likeness (QED) is 0.723. The van der Waals surface area contributed by atoms with E-state index in [4.69, 9.17) is 0 Å². The van der Waals surface area contributed by atoms with Crippen LogP contribution in [0, 0.1) is 11.7 Å². The lowest BCUT2D eigenvalue weighted by molar-refractivity contribution is 0.358. The zero-order chi connectivity index (χ0) is 10.1. The summed E-state index contributed by atoms with van der Waals surface area (Å²) in [6, 6.07) is 5.71. The van der Waals surface area contributed by atoms with Crippen molar-refractivity contribution in [2.45, 2.75) is 25.8 Å². The summed E-state index contributed by atoms with van der Waals surface area (Å²) in [6.45, 7) is 2.22. The van der Waals surface area contributed by atoms with Crippen LogP contribution in [-0.4, -0.2) is 7.05 Å². The van der Waals surface area contributed by atoms with Gasteiger partial charge in [-0.1, -0.05) is 19.1 Å². The molecule has 2 atom stereocenters. The van der Waals surface area contributed by atoms with Crippen LogP contribution in [-0.2, 0) is 6.42 Å². The molecule has 0 aromatic heterocycles. The lowest BCUT2D eigenvalue weighted by atomic mass is 9.80. The van der Waals surface area contributed by atoms with Crippen LogP contribution in [0.4, 0.5) is 4.39 Å². The molecule has 2 heteroatoms. The molecule has 1 nitrogen and oxygen atoms in total. The average Bonchev–Trinajstić information content (AvgIpc) is 2.18. The molecule has 0 aliphatic heterocycles. The van der Waals surface area contributed by atoms with E-state index in [1.54, 1.807) is 12.1 Å². The van der Waals surface area contributed by atoms with E-state index in [0.29, 0.717) is 12.0 Å². The highest BCUT2D eigenvalue weighted by atomic mass is 19.1. The van der Waals surface area contributed by atoms with Crippen molar-refractivity contribution >= 4 is 0 Å². The molecule has 76 valence electrons. The summed E-state index contributed by atoms with van der Waals surface area (Å²) in [5.41, 5.74) is 2.05. The predicted octanol–water partition coefficient (Wildman–Crippen LogP) is 2.67. The highest BCUT2D eigenvalue weighted by molar-refractivity contribution is 5.34. The van der Waals surface area contributed by atoms with Gasteiger partial charge in [0, 0.05) is 6.04 Å². The lowest BCUT2D eigenvalue weighted by Gasteiger charge is -2.31. The van der Waals surface area contributed by atoms with Crippen LogP contribution in [0.25, 0.3) is 0 Å². The second kappa shape index (κ2) is 3.70. The highest BCUT2D eigenvalue weighted by Crippen LogP contribution is 2.34. The number of halogens is 1. The monoisotopic (exact) mass is 193 g/mol. The van der Waals surface area contributed by atoms with Gasteiger partial charge in [0.25, 0.3) is 0 Å². The smallest absolute Gasteiger partial charge is 0.126 e. The zero-order valence-corrected chi connectivity index (χ0v) is 8.68. The summed E-state index contributed by atoms with van der Waals surface area (Å²) < 4.78 is 13.5. The fourth-order valence-electron chi connectivity index (χ4n) is 2.42. The standard InChI is InChI=1S/C12H16FN/c1-8-6-7-9-10(12(8)14-2)4-3-5-11(9)13/h3-5,8,12,14H,6-7H2,1-2H3. The first-order chi connectivity index (χ1) is 6.74. The van der Waals surface area contributed by atoms with E-state index in [1.165, 1.54) is 0 Å². The fraction of sp³-hybridized carbons (Fsp3) is 0.500. The first kappa shape index (κ1) is 9.66. The van der Waals surface area contributed by atoms with Gasteiger partial charge in [-0.25, -0.2) is 4.39 Å². The molecule has 0 amide bonds. The van der Waals surface area contributed by atoms with E-state index in [2.05, 4.69) is 12.2 Å². The molecule has 1 aliphatic rings. The van der Waals surface area contributed by atoms with Crippen molar-refractivity contribution in [1.82, 2.24) is 5.32 Å². The van der Waals surface area contributed by atoms with Crippen LogP contribution in [0.15, 0.2) is 18.2 Å². The van der Waals surface area contributed by atoms with Gasteiger partial charge in [-0.15, -0.1) is 0 Å². The van der Waals surface area contributed by atoms with E-state index in [-0.39, 0.29) is 5.82 Å². The van der Waals surface area contributed by atoms with Crippen molar-refractivity contribution in [2.75, 3.05) is 7.05 Å². The third kappa shape index (κ3) is 1.44. The number of benzene rings is 1. The Morgan fingerprint density at radius 2 is 2.21 bits per heavy atom. The number of hydrogen-bond acceptors (Lipinski definition) is 1. The topological polar surface area (TPSA) is 12.0 Å². The fourth-order valence-corrected chi connectivity index (χ4v) is 2.42. The number of nitrogens with one attached hydrogen (secondary N) is 1. The van der Waals surface area contributed by atoms with E-state index >= 15 is 0 Å². The molecule has 0 radical (unpaired) electrons.